The van der Waals surface area contributed by atoms with Crippen molar-refractivity contribution < 1.29 is 0 Å². The lowest BCUT2D eigenvalue weighted by Crippen LogP contribution is -2.34. The molecular weight excluding hydrogens is 239 g/mol. The molecule has 115 valence electrons. The molecule has 0 N–H and O–H groups in total. The van der Waals surface area contributed by atoms with Gasteiger partial charge in [-0.25, -0.2) is 0 Å². The molecule has 1 heteroatoms. The Morgan fingerprint density at radius 3 is 1.50 bits per heavy atom. The lowest BCUT2D eigenvalue weighted by molar-refractivity contribution is 0.317. The van der Waals surface area contributed by atoms with Gasteiger partial charge in [0.25, 0.3) is 0 Å². The van der Waals surface area contributed by atoms with Crippen LogP contribution < -0.4 is 0 Å². The summed E-state index contributed by atoms with van der Waals surface area (Å²) in [4.78, 5) is 0. The molecule has 2 saturated heterocycles. The van der Waals surface area contributed by atoms with Crippen molar-refractivity contribution in [3.63, 3.8) is 0 Å². The highest BCUT2D eigenvalue weighted by Gasteiger charge is 2.41. The molecule has 2 rings (SSSR count). The van der Waals surface area contributed by atoms with Gasteiger partial charge in [0.15, 0.2) is 0 Å². The summed E-state index contributed by atoms with van der Waals surface area (Å²) in [6, 6.07) is 0. The highest BCUT2D eigenvalue weighted by Crippen LogP contribution is 2.54. The zero-order valence-electron chi connectivity index (χ0n) is 14.3. The molecule has 2 atom stereocenters. The van der Waals surface area contributed by atoms with Crippen LogP contribution in [0.2, 0.25) is 10.6 Å². The Kier molecular flexibility index (Phi) is 6.05. The molecular formula is C19H36B. The summed E-state index contributed by atoms with van der Waals surface area (Å²) < 4.78 is 0. The van der Waals surface area contributed by atoms with Crippen LogP contribution in [-0.2, 0) is 0 Å². The number of hydrogen-bond acceptors (Lipinski definition) is 0. The van der Waals surface area contributed by atoms with Crippen LogP contribution in [0.3, 0.4) is 0 Å². The topological polar surface area (TPSA) is 0 Å². The third kappa shape index (κ3) is 4.28. The Morgan fingerprint density at radius 2 is 1.05 bits per heavy atom. The van der Waals surface area contributed by atoms with Crippen molar-refractivity contribution in [1.29, 1.82) is 0 Å². The standard InChI is InChI=1S/C19H36B/c1-17(2)19-15-11-6-4-5-9-13-18(3,20-19)14-10-7-8-12-16-19/h17H,4-16H2,1-3H3. The van der Waals surface area contributed by atoms with E-state index in [1.54, 1.807) is 0 Å². The molecule has 1 radical (unpaired) electrons. The van der Waals surface area contributed by atoms with Crippen molar-refractivity contribution in [3.05, 3.63) is 0 Å². The molecule has 0 amide bonds. The molecule has 2 fully saturated rings. The molecule has 0 nitrogen and oxygen atoms in total. The van der Waals surface area contributed by atoms with Gasteiger partial charge in [0, 0.05) is 0 Å². The van der Waals surface area contributed by atoms with E-state index in [2.05, 4.69) is 28.1 Å². The summed E-state index contributed by atoms with van der Waals surface area (Å²) in [7, 11) is 2.89. The second kappa shape index (κ2) is 7.36. The normalized spacial score (nSPS) is 37.4. The van der Waals surface area contributed by atoms with Gasteiger partial charge in [-0.3, -0.25) is 0 Å². The number of hydrogen-bond donors (Lipinski definition) is 0. The van der Waals surface area contributed by atoms with Crippen LogP contribution >= 0.6 is 0 Å². The monoisotopic (exact) mass is 275 g/mol. The Hall–Kier alpha value is 0.0649. The lowest BCUT2D eigenvalue weighted by Gasteiger charge is -2.45. The minimum absolute atomic E-state index is 0.520. The lowest BCUT2D eigenvalue weighted by atomic mass is 9.33. The number of fused-ring (bicyclic) bond motifs is 2. The summed E-state index contributed by atoms with van der Waals surface area (Å²) in [5, 5.41) is 1.06. The molecule has 0 aromatic carbocycles. The van der Waals surface area contributed by atoms with Gasteiger partial charge in [-0.15, -0.1) is 0 Å². The zero-order valence-corrected chi connectivity index (χ0v) is 14.3. The minimum atomic E-state index is 0.520. The van der Waals surface area contributed by atoms with Gasteiger partial charge in [0.05, 0.1) is 0 Å². The van der Waals surface area contributed by atoms with Crippen LogP contribution in [-0.4, -0.2) is 7.28 Å². The minimum Gasteiger partial charge on any atom is -0.0669 e. The van der Waals surface area contributed by atoms with Gasteiger partial charge in [-0.1, -0.05) is 115 Å². The van der Waals surface area contributed by atoms with Gasteiger partial charge in [0.2, 0.25) is 0 Å². The van der Waals surface area contributed by atoms with Gasteiger partial charge >= 0.3 is 0 Å². The van der Waals surface area contributed by atoms with E-state index in [9.17, 15) is 0 Å². The highest BCUT2D eigenvalue weighted by molar-refractivity contribution is 6.44. The molecule has 0 saturated carbocycles. The predicted octanol–water partition coefficient (Wildman–Crippen LogP) is 6.78. The van der Waals surface area contributed by atoms with Crippen molar-refractivity contribution in [2.45, 2.75) is 115 Å². The van der Waals surface area contributed by atoms with Crippen molar-refractivity contribution in [2.75, 3.05) is 0 Å². The summed E-state index contributed by atoms with van der Waals surface area (Å²) >= 11 is 0. The van der Waals surface area contributed by atoms with E-state index in [1.165, 1.54) is 83.5 Å². The maximum atomic E-state index is 2.89. The quantitative estimate of drug-likeness (QED) is 0.462. The van der Waals surface area contributed by atoms with E-state index < -0.39 is 0 Å². The summed E-state index contributed by atoms with van der Waals surface area (Å²) in [5.41, 5.74) is 0. The van der Waals surface area contributed by atoms with Crippen molar-refractivity contribution in [3.8, 4) is 0 Å². The van der Waals surface area contributed by atoms with Gasteiger partial charge < -0.3 is 0 Å². The highest BCUT2D eigenvalue weighted by atomic mass is 14.3. The first-order valence-corrected chi connectivity index (χ1v) is 9.43. The smallest absolute Gasteiger partial charge is 0.0669 e. The van der Waals surface area contributed by atoms with Crippen LogP contribution in [0.15, 0.2) is 0 Å². The van der Waals surface area contributed by atoms with E-state index in [-0.39, 0.29) is 0 Å². The first-order chi connectivity index (χ1) is 9.56. The molecule has 0 aromatic rings. The maximum Gasteiger partial charge on any atom is 0.126 e. The molecule has 0 spiro atoms. The molecule has 2 bridgehead atoms. The van der Waals surface area contributed by atoms with Crippen molar-refractivity contribution >= 4 is 7.28 Å². The van der Waals surface area contributed by atoms with E-state index >= 15 is 0 Å². The van der Waals surface area contributed by atoms with E-state index in [4.69, 9.17) is 0 Å². The molecule has 20 heavy (non-hydrogen) atoms. The number of rotatable bonds is 1. The second-order valence-corrected chi connectivity index (χ2v) is 8.37. The summed E-state index contributed by atoms with van der Waals surface area (Å²) in [6.45, 7) is 7.55. The predicted molar refractivity (Wildman–Crippen MR) is 91.7 cm³/mol. The first-order valence-electron chi connectivity index (χ1n) is 9.43. The van der Waals surface area contributed by atoms with E-state index in [1.807, 2.05) is 0 Å². The molecule has 2 unspecified atom stereocenters. The average molecular weight is 275 g/mol. The maximum absolute atomic E-state index is 2.89. The Balaban J connectivity index is 2.22. The Morgan fingerprint density at radius 1 is 0.650 bits per heavy atom. The second-order valence-electron chi connectivity index (χ2n) is 8.37. The third-order valence-corrected chi connectivity index (χ3v) is 6.32. The molecule has 2 aliphatic heterocycles. The van der Waals surface area contributed by atoms with Crippen molar-refractivity contribution in [2.24, 2.45) is 5.92 Å². The van der Waals surface area contributed by atoms with Crippen LogP contribution in [0, 0.1) is 5.92 Å². The van der Waals surface area contributed by atoms with Gasteiger partial charge in [0.1, 0.15) is 7.28 Å². The zero-order chi connectivity index (χ0) is 14.5. The van der Waals surface area contributed by atoms with Gasteiger partial charge in [-0.2, -0.15) is 0 Å². The third-order valence-electron chi connectivity index (χ3n) is 6.32. The van der Waals surface area contributed by atoms with E-state index in [0.29, 0.717) is 10.6 Å². The van der Waals surface area contributed by atoms with Crippen molar-refractivity contribution in [1.82, 2.24) is 0 Å². The van der Waals surface area contributed by atoms with Crippen LogP contribution in [0.4, 0.5) is 0 Å². The fourth-order valence-corrected chi connectivity index (χ4v) is 4.83. The van der Waals surface area contributed by atoms with Crippen LogP contribution in [0.1, 0.15) is 104 Å². The fourth-order valence-electron chi connectivity index (χ4n) is 4.83. The van der Waals surface area contributed by atoms with Crippen LogP contribution in [0.25, 0.3) is 0 Å². The fraction of sp³-hybridized carbons (Fsp3) is 1.00. The molecule has 2 heterocycles. The molecule has 2 aliphatic rings. The largest absolute Gasteiger partial charge is 0.126 e. The van der Waals surface area contributed by atoms with E-state index in [0.717, 1.165) is 5.92 Å². The Labute approximate surface area is 128 Å². The van der Waals surface area contributed by atoms with Gasteiger partial charge in [-0.05, 0) is 5.92 Å². The SMILES string of the molecule is CC(C)C12[B]C(C)(CCCCCCC1)CCCCCC2. The molecule has 0 aromatic heterocycles. The average Bonchev–Trinajstić information content (AvgIpc) is 2.48. The Bertz CT molecular complexity index is 285. The summed E-state index contributed by atoms with van der Waals surface area (Å²) in [6.07, 6.45) is 19.0. The molecule has 0 aliphatic carbocycles. The van der Waals surface area contributed by atoms with Crippen LogP contribution in [0.5, 0.6) is 0 Å². The first kappa shape index (κ1) is 16.4. The summed E-state index contributed by atoms with van der Waals surface area (Å²) in [5.74, 6) is 0.819.